The number of anilines is 2. The van der Waals surface area contributed by atoms with Crippen LogP contribution < -0.4 is 11.5 Å². The van der Waals surface area contributed by atoms with E-state index in [-0.39, 0.29) is 5.82 Å². The maximum Gasteiger partial charge on any atom is 0.123 e. The molecule has 2 rings (SSSR count). The predicted molar refractivity (Wildman–Crippen MR) is 61.7 cm³/mol. The van der Waals surface area contributed by atoms with Crippen molar-refractivity contribution in [3.8, 4) is 0 Å². The Kier molecular flexibility index (Phi) is 4.16. The van der Waals surface area contributed by atoms with Crippen LogP contribution in [0.2, 0.25) is 0 Å². The van der Waals surface area contributed by atoms with Gasteiger partial charge in [-0.25, -0.2) is 4.39 Å². The van der Waals surface area contributed by atoms with E-state index >= 15 is 0 Å². The van der Waals surface area contributed by atoms with Crippen LogP contribution in [0, 0.1) is 5.82 Å². The second-order valence-electron chi connectivity index (χ2n) is 2.96. The second kappa shape index (κ2) is 5.65. The summed E-state index contributed by atoms with van der Waals surface area (Å²) in [5.41, 5.74) is 12.0. The van der Waals surface area contributed by atoms with Crippen LogP contribution >= 0.6 is 0 Å². The Hall–Kier alpha value is -2.03. The summed E-state index contributed by atoms with van der Waals surface area (Å²) in [5.74, 6) is -0.251. The quantitative estimate of drug-likeness (QED) is 0.648. The average Bonchev–Trinajstić information content (AvgIpc) is 2.25. The van der Waals surface area contributed by atoms with E-state index in [1.807, 2.05) is 30.3 Å². The normalized spacial score (nSPS) is 8.87. The van der Waals surface area contributed by atoms with Gasteiger partial charge in [0.2, 0.25) is 0 Å². The third-order valence-electron chi connectivity index (χ3n) is 1.67. The van der Waals surface area contributed by atoms with E-state index in [4.69, 9.17) is 11.5 Å². The molecule has 2 aromatic carbocycles. The lowest BCUT2D eigenvalue weighted by Gasteiger charge is -1.87. The highest BCUT2D eigenvalue weighted by molar-refractivity contribution is 5.36. The fraction of sp³-hybridized carbons (Fsp3) is 0. The molecule has 0 saturated heterocycles. The van der Waals surface area contributed by atoms with Gasteiger partial charge in [-0.1, -0.05) is 18.2 Å². The zero-order chi connectivity index (χ0) is 11.1. The van der Waals surface area contributed by atoms with Crippen molar-refractivity contribution in [1.29, 1.82) is 0 Å². The van der Waals surface area contributed by atoms with Gasteiger partial charge in [-0.2, -0.15) is 0 Å². The molecule has 0 aliphatic carbocycles. The molecule has 0 radical (unpaired) electrons. The van der Waals surface area contributed by atoms with E-state index in [0.29, 0.717) is 5.69 Å². The highest BCUT2D eigenvalue weighted by Crippen LogP contribution is 2.01. The minimum atomic E-state index is -0.251. The number of halogens is 1. The van der Waals surface area contributed by atoms with Gasteiger partial charge in [0.15, 0.2) is 0 Å². The highest BCUT2D eigenvalue weighted by atomic mass is 19.1. The Balaban J connectivity index is 0.000000151. The average molecular weight is 204 g/mol. The van der Waals surface area contributed by atoms with E-state index < -0.39 is 0 Å². The number of rotatable bonds is 0. The topological polar surface area (TPSA) is 52.0 Å². The summed E-state index contributed by atoms with van der Waals surface area (Å²) in [7, 11) is 0. The van der Waals surface area contributed by atoms with Crippen molar-refractivity contribution in [3.05, 3.63) is 60.4 Å². The molecule has 4 N–H and O–H groups in total. The van der Waals surface area contributed by atoms with E-state index in [1.54, 1.807) is 0 Å². The van der Waals surface area contributed by atoms with Crippen LogP contribution in [-0.4, -0.2) is 0 Å². The molecule has 0 aliphatic heterocycles. The van der Waals surface area contributed by atoms with Crippen molar-refractivity contribution < 1.29 is 4.39 Å². The zero-order valence-corrected chi connectivity index (χ0v) is 8.23. The van der Waals surface area contributed by atoms with Crippen molar-refractivity contribution >= 4 is 11.4 Å². The van der Waals surface area contributed by atoms with E-state index in [1.165, 1.54) is 24.3 Å². The lowest BCUT2D eigenvalue weighted by molar-refractivity contribution is 0.628. The first-order valence-corrected chi connectivity index (χ1v) is 4.50. The van der Waals surface area contributed by atoms with Crippen LogP contribution in [0.3, 0.4) is 0 Å². The SMILES string of the molecule is Nc1ccc(F)cc1.Nc1ccccc1. The lowest BCUT2D eigenvalue weighted by Crippen LogP contribution is -1.82. The molecule has 0 heterocycles. The van der Waals surface area contributed by atoms with Crippen molar-refractivity contribution in [2.24, 2.45) is 0 Å². The minimum absolute atomic E-state index is 0.251. The van der Waals surface area contributed by atoms with Crippen molar-refractivity contribution in [3.63, 3.8) is 0 Å². The van der Waals surface area contributed by atoms with Crippen molar-refractivity contribution in [2.75, 3.05) is 11.5 Å². The molecule has 15 heavy (non-hydrogen) atoms. The monoisotopic (exact) mass is 204 g/mol. The number of hydrogen-bond donors (Lipinski definition) is 2. The molecule has 0 amide bonds. The van der Waals surface area contributed by atoms with Crippen LogP contribution in [0.25, 0.3) is 0 Å². The molecule has 0 aromatic heterocycles. The molecule has 2 aromatic rings. The Morgan fingerprint density at radius 2 is 1.13 bits per heavy atom. The summed E-state index contributed by atoms with van der Waals surface area (Å²) >= 11 is 0. The molecule has 0 fully saturated rings. The number of hydrogen-bond acceptors (Lipinski definition) is 2. The van der Waals surface area contributed by atoms with Crippen LogP contribution in [0.4, 0.5) is 15.8 Å². The maximum atomic E-state index is 12.0. The Morgan fingerprint density at radius 3 is 1.47 bits per heavy atom. The smallest absolute Gasteiger partial charge is 0.123 e. The first kappa shape index (κ1) is 11.0. The third-order valence-corrected chi connectivity index (χ3v) is 1.67. The van der Waals surface area contributed by atoms with Gasteiger partial charge in [-0.15, -0.1) is 0 Å². The largest absolute Gasteiger partial charge is 0.399 e. The minimum Gasteiger partial charge on any atom is -0.399 e. The van der Waals surface area contributed by atoms with Crippen LogP contribution in [0.15, 0.2) is 54.6 Å². The van der Waals surface area contributed by atoms with Gasteiger partial charge in [0.25, 0.3) is 0 Å². The summed E-state index contributed by atoms with van der Waals surface area (Å²) in [4.78, 5) is 0. The van der Waals surface area contributed by atoms with Gasteiger partial charge < -0.3 is 11.5 Å². The standard InChI is InChI=1S/C6H6FN.C6H7N/c7-5-1-3-6(8)4-2-5;7-6-4-2-1-3-5-6/h1-4H,8H2;1-5H,7H2. The van der Waals surface area contributed by atoms with Gasteiger partial charge in [-0.3, -0.25) is 0 Å². The molecular weight excluding hydrogens is 191 g/mol. The highest BCUT2D eigenvalue weighted by Gasteiger charge is 1.84. The molecule has 0 aliphatic rings. The van der Waals surface area contributed by atoms with Gasteiger partial charge >= 0.3 is 0 Å². The molecule has 0 unspecified atom stereocenters. The molecule has 0 spiro atoms. The molecule has 78 valence electrons. The Bertz CT molecular complexity index is 363. The lowest BCUT2D eigenvalue weighted by atomic mass is 10.3. The Labute approximate surface area is 88.3 Å². The summed E-state index contributed by atoms with van der Waals surface area (Å²) in [6.45, 7) is 0. The number of benzene rings is 2. The maximum absolute atomic E-state index is 12.0. The summed E-state index contributed by atoms with van der Waals surface area (Å²) in [6.07, 6.45) is 0. The molecule has 2 nitrogen and oxygen atoms in total. The van der Waals surface area contributed by atoms with Crippen LogP contribution in [0.5, 0.6) is 0 Å². The Morgan fingerprint density at radius 1 is 0.667 bits per heavy atom. The molecule has 0 saturated carbocycles. The van der Waals surface area contributed by atoms with Gasteiger partial charge in [0.1, 0.15) is 5.82 Å². The van der Waals surface area contributed by atoms with E-state index in [0.717, 1.165) is 5.69 Å². The summed E-state index contributed by atoms with van der Waals surface area (Å²) < 4.78 is 12.0. The van der Waals surface area contributed by atoms with Crippen molar-refractivity contribution in [1.82, 2.24) is 0 Å². The van der Waals surface area contributed by atoms with Crippen LogP contribution in [-0.2, 0) is 0 Å². The fourth-order valence-electron chi connectivity index (χ4n) is 0.916. The number of para-hydroxylation sites is 1. The van der Waals surface area contributed by atoms with Crippen LogP contribution in [0.1, 0.15) is 0 Å². The summed E-state index contributed by atoms with van der Waals surface area (Å²) in [6, 6.07) is 15.2. The molecular formula is C12H13FN2. The van der Waals surface area contributed by atoms with Crippen molar-refractivity contribution in [2.45, 2.75) is 0 Å². The fourth-order valence-corrected chi connectivity index (χ4v) is 0.916. The van der Waals surface area contributed by atoms with E-state index in [2.05, 4.69) is 0 Å². The predicted octanol–water partition coefficient (Wildman–Crippen LogP) is 2.68. The van der Waals surface area contributed by atoms with E-state index in [9.17, 15) is 4.39 Å². The number of nitrogen functional groups attached to an aromatic ring is 2. The molecule has 0 atom stereocenters. The van der Waals surface area contributed by atoms with Gasteiger partial charge in [0, 0.05) is 11.4 Å². The second-order valence-corrected chi connectivity index (χ2v) is 2.96. The first-order valence-electron chi connectivity index (χ1n) is 4.50. The third kappa shape index (κ3) is 4.67. The zero-order valence-electron chi connectivity index (χ0n) is 8.23. The number of nitrogens with two attached hydrogens (primary N) is 2. The van der Waals surface area contributed by atoms with Gasteiger partial charge in [-0.05, 0) is 36.4 Å². The summed E-state index contributed by atoms with van der Waals surface area (Å²) in [5, 5.41) is 0. The molecule has 3 heteroatoms. The first-order chi connectivity index (χ1) is 7.18. The van der Waals surface area contributed by atoms with Gasteiger partial charge in [0.05, 0.1) is 0 Å². The molecule has 0 bridgehead atoms.